The van der Waals surface area contributed by atoms with E-state index in [1.54, 1.807) is 0 Å². The molecule has 2 aliphatic heterocycles. The van der Waals surface area contributed by atoms with Crippen molar-refractivity contribution in [1.82, 2.24) is 19.3 Å². The number of anilines is 1. The van der Waals surface area contributed by atoms with Crippen molar-refractivity contribution in [2.24, 2.45) is 0 Å². The van der Waals surface area contributed by atoms with E-state index in [1.165, 1.54) is 18.0 Å². The van der Waals surface area contributed by atoms with Crippen molar-refractivity contribution in [1.29, 1.82) is 0 Å². The second kappa shape index (κ2) is 6.20. The lowest BCUT2D eigenvalue weighted by molar-refractivity contribution is 0.0838. The first-order chi connectivity index (χ1) is 11.2. The molecule has 0 bridgehead atoms. The van der Waals surface area contributed by atoms with Gasteiger partial charge in [-0.15, -0.1) is 0 Å². The van der Waals surface area contributed by atoms with Crippen molar-refractivity contribution in [3.8, 4) is 0 Å². The minimum Gasteiger partial charge on any atom is -0.381 e. The summed E-state index contributed by atoms with van der Waals surface area (Å²) >= 11 is 1.53. The van der Waals surface area contributed by atoms with Crippen molar-refractivity contribution in [2.75, 3.05) is 24.7 Å². The Balaban J connectivity index is 1.55. The highest BCUT2D eigenvalue weighted by Gasteiger charge is 2.32. The predicted octanol–water partition coefficient (Wildman–Crippen LogP) is 3.11. The van der Waals surface area contributed by atoms with Crippen LogP contribution in [0.4, 0.5) is 5.13 Å². The molecule has 0 aliphatic carbocycles. The maximum atomic E-state index is 5.44. The third-order valence-corrected chi connectivity index (χ3v) is 5.75. The molecule has 2 saturated heterocycles. The van der Waals surface area contributed by atoms with Crippen molar-refractivity contribution in [3.05, 3.63) is 23.0 Å². The van der Waals surface area contributed by atoms with E-state index in [-0.39, 0.29) is 0 Å². The fraction of sp³-hybridized carbons (Fsp3) is 0.688. The number of ether oxygens (including phenoxy) is 1. The van der Waals surface area contributed by atoms with Crippen LogP contribution in [0.1, 0.15) is 60.7 Å². The number of aromatic nitrogens is 4. The molecule has 0 saturated carbocycles. The lowest BCUT2D eigenvalue weighted by Crippen LogP contribution is -2.23. The van der Waals surface area contributed by atoms with E-state index < -0.39 is 0 Å². The van der Waals surface area contributed by atoms with E-state index in [4.69, 9.17) is 14.7 Å². The smallest absolute Gasteiger partial charge is 0.205 e. The monoisotopic (exact) mass is 333 g/mol. The van der Waals surface area contributed by atoms with Gasteiger partial charge in [-0.3, -0.25) is 0 Å². The second-order valence-corrected chi connectivity index (χ2v) is 7.24. The minimum absolute atomic E-state index is 0.304. The molecular weight excluding hydrogens is 310 g/mol. The highest BCUT2D eigenvalue weighted by molar-refractivity contribution is 7.09. The van der Waals surface area contributed by atoms with Gasteiger partial charge >= 0.3 is 0 Å². The predicted molar refractivity (Wildman–Crippen MR) is 90.1 cm³/mol. The normalized spacial score (nSPS) is 22.9. The van der Waals surface area contributed by atoms with Gasteiger partial charge in [0.15, 0.2) is 0 Å². The lowest BCUT2D eigenvalue weighted by atomic mass is 10.00. The Labute approximate surface area is 140 Å². The van der Waals surface area contributed by atoms with Gasteiger partial charge in [0.2, 0.25) is 5.13 Å². The van der Waals surface area contributed by atoms with Gasteiger partial charge in [0.1, 0.15) is 11.6 Å². The summed E-state index contributed by atoms with van der Waals surface area (Å²) in [6, 6.07) is 0.304. The van der Waals surface area contributed by atoms with Crippen LogP contribution in [0.5, 0.6) is 0 Å². The van der Waals surface area contributed by atoms with Gasteiger partial charge in [-0.1, -0.05) is 0 Å². The molecule has 0 amide bonds. The molecule has 1 unspecified atom stereocenters. The van der Waals surface area contributed by atoms with Crippen LogP contribution in [0, 0.1) is 13.8 Å². The zero-order valence-electron chi connectivity index (χ0n) is 13.7. The molecule has 2 aromatic rings. The molecule has 2 aromatic heterocycles. The Kier molecular flexibility index (Phi) is 4.07. The quantitative estimate of drug-likeness (QED) is 0.935. The van der Waals surface area contributed by atoms with E-state index >= 15 is 0 Å². The Morgan fingerprint density at radius 3 is 2.74 bits per heavy atom. The van der Waals surface area contributed by atoms with Crippen LogP contribution in [-0.4, -0.2) is 39.1 Å². The highest BCUT2D eigenvalue weighted by atomic mass is 32.1. The minimum atomic E-state index is 0.304. The Morgan fingerprint density at radius 1 is 1.17 bits per heavy atom. The lowest BCUT2D eigenvalue weighted by Gasteiger charge is -2.22. The largest absolute Gasteiger partial charge is 0.381 e. The Bertz CT molecular complexity index is 656. The van der Waals surface area contributed by atoms with Gasteiger partial charge < -0.3 is 14.6 Å². The van der Waals surface area contributed by atoms with Gasteiger partial charge in [-0.2, -0.15) is 4.37 Å². The summed E-state index contributed by atoms with van der Waals surface area (Å²) in [4.78, 5) is 15.4. The standard InChI is InChI=1S/C16H23N5OS/c1-10-11(2)18-15(17-10)13-4-3-7-21(13)16-19-14(20-23-16)12-5-8-22-9-6-12/h12-13H,3-9H2,1-2H3,(H,17,18). The number of hydrogen-bond acceptors (Lipinski definition) is 6. The number of nitrogens with zero attached hydrogens (tertiary/aromatic N) is 4. The molecule has 0 radical (unpaired) electrons. The van der Waals surface area contributed by atoms with Crippen LogP contribution in [0.15, 0.2) is 0 Å². The number of rotatable bonds is 3. The first-order valence-electron chi connectivity index (χ1n) is 8.43. The summed E-state index contributed by atoms with van der Waals surface area (Å²) in [6.45, 7) is 6.83. The van der Waals surface area contributed by atoms with Crippen LogP contribution in [-0.2, 0) is 4.74 Å². The van der Waals surface area contributed by atoms with E-state index in [0.717, 1.165) is 67.2 Å². The van der Waals surface area contributed by atoms with Gasteiger partial charge in [-0.05, 0) is 39.5 Å². The van der Waals surface area contributed by atoms with Crippen LogP contribution >= 0.6 is 11.5 Å². The van der Waals surface area contributed by atoms with Crippen molar-refractivity contribution >= 4 is 16.7 Å². The summed E-state index contributed by atoms with van der Waals surface area (Å²) in [6.07, 6.45) is 4.38. The molecule has 4 rings (SSSR count). The van der Waals surface area contributed by atoms with Gasteiger partial charge in [0.25, 0.3) is 0 Å². The molecule has 6 nitrogen and oxygen atoms in total. The summed E-state index contributed by atoms with van der Waals surface area (Å²) in [5, 5.41) is 1.04. The highest BCUT2D eigenvalue weighted by Crippen LogP contribution is 2.37. The number of H-pyrrole nitrogens is 1. The molecule has 0 spiro atoms. The first-order valence-corrected chi connectivity index (χ1v) is 9.21. The number of aromatic amines is 1. The molecule has 2 aliphatic rings. The van der Waals surface area contributed by atoms with Crippen LogP contribution in [0.25, 0.3) is 0 Å². The molecule has 23 heavy (non-hydrogen) atoms. The Hall–Kier alpha value is -1.47. The first kappa shape index (κ1) is 15.1. The number of hydrogen-bond donors (Lipinski definition) is 1. The molecular formula is C16H23N5OS. The van der Waals surface area contributed by atoms with Crippen molar-refractivity contribution in [3.63, 3.8) is 0 Å². The molecule has 0 aromatic carbocycles. The maximum absolute atomic E-state index is 5.44. The SMILES string of the molecule is Cc1nc(C2CCCN2c2nc(C3CCOCC3)ns2)[nH]c1C. The van der Waals surface area contributed by atoms with Crippen LogP contribution in [0.3, 0.4) is 0 Å². The zero-order valence-corrected chi connectivity index (χ0v) is 14.5. The Morgan fingerprint density at radius 2 is 2.00 bits per heavy atom. The van der Waals surface area contributed by atoms with Crippen molar-refractivity contribution in [2.45, 2.75) is 51.5 Å². The van der Waals surface area contributed by atoms with Crippen LogP contribution in [0.2, 0.25) is 0 Å². The third kappa shape index (κ3) is 2.87. The molecule has 1 N–H and O–H groups in total. The zero-order chi connectivity index (χ0) is 15.8. The van der Waals surface area contributed by atoms with E-state index in [9.17, 15) is 0 Å². The summed E-state index contributed by atoms with van der Waals surface area (Å²) in [7, 11) is 0. The third-order valence-electron chi connectivity index (χ3n) is 4.98. The summed E-state index contributed by atoms with van der Waals surface area (Å²) < 4.78 is 10.1. The van der Waals surface area contributed by atoms with E-state index in [2.05, 4.69) is 28.1 Å². The average Bonchev–Trinajstić information content (AvgIpc) is 3.28. The fourth-order valence-corrected chi connectivity index (χ4v) is 4.30. The van der Waals surface area contributed by atoms with Crippen LogP contribution < -0.4 is 4.90 Å². The number of imidazole rings is 1. The maximum Gasteiger partial charge on any atom is 0.205 e. The number of aryl methyl sites for hydroxylation is 2. The van der Waals surface area contributed by atoms with Gasteiger partial charge in [0, 0.05) is 42.9 Å². The molecule has 4 heterocycles. The van der Waals surface area contributed by atoms with E-state index in [1.807, 2.05) is 0 Å². The van der Waals surface area contributed by atoms with Crippen molar-refractivity contribution < 1.29 is 4.74 Å². The molecule has 2 fully saturated rings. The van der Waals surface area contributed by atoms with E-state index in [0.29, 0.717) is 12.0 Å². The topological polar surface area (TPSA) is 66.9 Å². The average molecular weight is 333 g/mol. The van der Waals surface area contributed by atoms with Gasteiger partial charge in [0.05, 0.1) is 11.7 Å². The van der Waals surface area contributed by atoms with Gasteiger partial charge in [-0.25, -0.2) is 9.97 Å². The summed E-state index contributed by atoms with van der Waals surface area (Å²) in [5.74, 6) is 2.54. The molecule has 124 valence electrons. The summed E-state index contributed by atoms with van der Waals surface area (Å²) in [5.41, 5.74) is 2.25. The molecule has 7 heteroatoms. The fourth-order valence-electron chi connectivity index (χ4n) is 3.48. The molecule has 1 atom stereocenters. The number of nitrogens with one attached hydrogen (secondary N) is 1. The second-order valence-electron chi connectivity index (χ2n) is 6.51.